The average Bonchev–Trinajstić information content (AvgIpc) is 2.47. The molecule has 0 aliphatic rings. The van der Waals surface area contributed by atoms with Gasteiger partial charge in [-0.2, -0.15) is 0 Å². The lowest BCUT2D eigenvalue weighted by molar-refractivity contribution is 0.304. The molecule has 1 heteroatoms. The third-order valence-corrected chi connectivity index (χ3v) is 3.34. The quantitative estimate of drug-likeness (QED) is 0.550. The number of hydrogen-bond acceptors (Lipinski definition) is 1. The van der Waals surface area contributed by atoms with E-state index >= 15 is 0 Å². The Morgan fingerprint density at radius 3 is 2.47 bits per heavy atom. The zero-order valence-corrected chi connectivity index (χ0v) is 11.4. The summed E-state index contributed by atoms with van der Waals surface area (Å²) in [6, 6.07) is 14.6. The molecule has 0 aromatic heterocycles. The highest BCUT2D eigenvalue weighted by Gasteiger charge is 2.09. The fourth-order valence-corrected chi connectivity index (χ4v) is 2.23. The first kappa shape index (κ1) is 13.2. The van der Waals surface area contributed by atoms with E-state index in [0.29, 0.717) is 0 Å². The molecule has 2 rings (SSSR count). The number of hydrogen-bond donors (Lipinski definition) is 0. The minimum Gasteiger partial charge on any atom is -0.496 e. The topological polar surface area (TPSA) is 9.23 Å². The Bertz CT molecular complexity index is 657. The lowest BCUT2D eigenvalue weighted by atomic mass is 9.94. The van der Waals surface area contributed by atoms with Crippen molar-refractivity contribution in [1.82, 2.24) is 0 Å². The average molecular weight is 250 g/mol. The molecule has 0 saturated heterocycles. The van der Waals surface area contributed by atoms with Crippen LogP contribution in [0, 0.1) is 0 Å². The Labute approximate surface area is 114 Å². The van der Waals surface area contributed by atoms with Gasteiger partial charge < -0.3 is 4.74 Å². The first-order valence-electron chi connectivity index (χ1n) is 6.23. The van der Waals surface area contributed by atoms with Crippen LogP contribution in [0.2, 0.25) is 0 Å². The molecule has 0 unspecified atom stereocenters. The molecule has 19 heavy (non-hydrogen) atoms. The van der Waals surface area contributed by atoms with Crippen molar-refractivity contribution < 1.29 is 4.74 Å². The van der Waals surface area contributed by atoms with Gasteiger partial charge in [0, 0.05) is 0 Å². The van der Waals surface area contributed by atoms with Crippen LogP contribution in [0.3, 0.4) is 0 Å². The van der Waals surface area contributed by atoms with Crippen LogP contribution in [0.15, 0.2) is 73.0 Å². The molecule has 2 aromatic carbocycles. The maximum atomic E-state index is 5.32. The zero-order valence-electron chi connectivity index (χ0n) is 11.4. The predicted octanol–water partition coefficient (Wildman–Crippen LogP) is 4.96. The van der Waals surface area contributed by atoms with Gasteiger partial charge in [0.2, 0.25) is 0 Å². The summed E-state index contributed by atoms with van der Waals surface area (Å²) in [4.78, 5) is 0. The summed E-state index contributed by atoms with van der Waals surface area (Å²) < 4.78 is 5.32. The van der Waals surface area contributed by atoms with Gasteiger partial charge in [0.05, 0.1) is 7.11 Å². The van der Waals surface area contributed by atoms with Crippen LogP contribution in [0.1, 0.15) is 12.5 Å². The van der Waals surface area contributed by atoms with Gasteiger partial charge in [-0.05, 0) is 40.5 Å². The Morgan fingerprint density at radius 1 is 1.11 bits per heavy atom. The molecule has 0 amide bonds. The molecule has 2 aromatic rings. The molecular formula is C18H18O. The third kappa shape index (κ3) is 2.45. The molecule has 96 valence electrons. The van der Waals surface area contributed by atoms with Crippen LogP contribution in [0.25, 0.3) is 16.3 Å². The number of benzene rings is 2. The summed E-state index contributed by atoms with van der Waals surface area (Å²) in [5, 5.41) is 2.42. The molecule has 0 atom stereocenters. The predicted molar refractivity (Wildman–Crippen MR) is 82.9 cm³/mol. The highest BCUT2D eigenvalue weighted by Crippen LogP contribution is 2.30. The molecule has 0 saturated carbocycles. The van der Waals surface area contributed by atoms with E-state index in [2.05, 4.69) is 43.5 Å². The van der Waals surface area contributed by atoms with Crippen molar-refractivity contribution in [3.05, 3.63) is 78.6 Å². The molecule has 0 fully saturated rings. The van der Waals surface area contributed by atoms with E-state index in [9.17, 15) is 0 Å². The van der Waals surface area contributed by atoms with Gasteiger partial charge in [0.15, 0.2) is 0 Å². The second-order valence-electron chi connectivity index (χ2n) is 4.40. The van der Waals surface area contributed by atoms with E-state index in [0.717, 1.165) is 22.5 Å². The number of allylic oxidation sites excluding steroid dienone is 3. The van der Waals surface area contributed by atoms with E-state index in [1.54, 1.807) is 13.2 Å². The molecular weight excluding hydrogens is 232 g/mol. The smallest absolute Gasteiger partial charge is 0.121 e. The largest absolute Gasteiger partial charge is 0.496 e. The van der Waals surface area contributed by atoms with Crippen LogP contribution >= 0.6 is 0 Å². The summed E-state index contributed by atoms with van der Waals surface area (Å²) in [5.74, 6) is 0.762. The van der Waals surface area contributed by atoms with Crippen molar-refractivity contribution in [1.29, 1.82) is 0 Å². The summed E-state index contributed by atoms with van der Waals surface area (Å²) in [7, 11) is 1.65. The minimum atomic E-state index is 0.762. The van der Waals surface area contributed by atoms with Crippen molar-refractivity contribution in [2.75, 3.05) is 7.11 Å². The minimum absolute atomic E-state index is 0.762. The Morgan fingerprint density at radius 2 is 1.79 bits per heavy atom. The number of ether oxygens (including phenoxy) is 1. The van der Waals surface area contributed by atoms with Gasteiger partial charge in [0.1, 0.15) is 5.76 Å². The van der Waals surface area contributed by atoms with Crippen LogP contribution in [-0.4, -0.2) is 7.11 Å². The lowest BCUT2D eigenvalue weighted by Gasteiger charge is -2.13. The monoisotopic (exact) mass is 250 g/mol. The molecule has 0 heterocycles. The van der Waals surface area contributed by atoms with Gasteiger partial charge in [-0.3, -0.25) is 0 Å². The third-order valence-electron chi connectivity index (χ3n) is 3.34. The first-order chi connectivity index (χ1) is 9.19. The highest BCUT2D eigenvalue weighted by molar-refractivity contribution is 5.96. The van der Waals surface area contributed by atoms with Crippen LogP contribution in [-0.2, 0) is 4.74 Å². The summed E-state index contributed by atoms with van der Waals surface area (Å²) >= 11 is 0. The maximum absolute atomic E-state index is 5.32. The van der Waals surface area contributed by atoms with Crippen LogP contribution in [0.4, 0.5) is 0 Å². The summed E-state index contributed by atoms with van der Waals surface area (Å²) in [6.45, 7) is 9.98. The lowest BCUT2D eigenvalue weighted by Crippen LogP contribution is -1.93. The number of fused-ring (bicyclic) bond motifs is 1. The van der Waals surface area contributed by atoms with E-state index in [1.807, 2.05) is 19.1 Å². The van der Waals surface area contributed by atoms with Crippen molar-refractivity contribution in [3.8, 4) is 0 Å². The maximum Gasteiger partial charge on any atom is 0.121 e. The number of methoxy groups -OCH3 is 1. The first-order valence-corrected chi connectivity index (χ1v) is 6.23. The van der Waals surface area contributed by atoms with E-state index in [4.69, 9.17) is 4.74 Å². The van der Waals surface area contributed by atoms with Gasteiger partial charge >= 0.3 is 0 Å². The molecule has 1 nitrogen and oxygen atoms in total. The Hall–Kier alpha value is -2.28. The molecule has 0 N–H and O–H groups in total. The molecule has 0 radical (unpaired) electrons. The van der Waals surface area contributed by atoms with Gasteiger partial charge in [-0.15, -0.1) is 0 Å². The fraction of sp³-hybridized carbons (Fsp3) is 0.111. The van der Waals surface area contributed by atoms with Gasteiger partial charge in [-0.1, -0.05) is 55.6 Å². The van der Waals surface area contributed by atoms with Crippen molar-refractivity contribution in [2.24, 2.45) is 0 Å². The van der Waals surface area contributed by atoms with Crippen LogP contribution in [0.5, 0.6) is 0 Å². The van der Waals surface area contributed by atoms with E-state index in [1.165, 1.54) is 10.8 Å². The molecule has 0 bridgehead atoms. The van der Waals surface area contributed by atoms with Gasteiger partial charge in [-0.25, -0.2) is 0 Å². The second kappa shape index (κ2) is 5.57. The van der Waals surface area contributed by atoms with E-state index in [-0.39, 0.29) is 0 Å². The van der Waals surface area contributed by atoms with Crippen molar-refractivity contribution in [2.45, 2.75) is 6.92 Å². The Balaban J connectivity index is 2.60. The fourth-order valence-electron chi connectivity index (χ4n) is 2.23. The molecule has 0 aliphatic heterocycles. The SMILES string of the molecule is C=C/C(OC)=C(/C)C(=C)c1cccc2ccccc12. The van der Waals surface area contributed by atoms with Crippen molar-refractivity contribution >= 4 is 16.3 Å². The second-order valence-corrected chi connectivity index (χ2v) is 4.40. The highest BCUT2D eigenvalue weighted by atomic mass is 16.5. The standard InChI is InChI=1S/C18H18O/c1-5-18(19-4)14(3)13(2)16-12-8-10-15-9-6-7-11-17(15)16/h5-12H,1-2H2,3-4H3/b18-14+. The van der Waals surface area contributed by atoms with Crippen LogP contribution < -0.4 is 0 Å². The number of rotatable bonds is 4. The summed E-state index contributed by atoms with van der Waals surface area (Å²) in [6.07, 6.45) is 1.71. The van der Waals surface area contributed by atoms with Gasteiger partial charge in [0.25, 0.3) is 0 Å². The summed E-state index contributed by atoms with van der Waals surface area (Å²) in [5.41, 5.74) is 3.11. The van der Waals surface area contributed by atoms with Crippen molar-refractivity contribution in [3.63, 3.8) is 0 Å². The molecule has 0 aliphatic carbocycles. The normalized spacial score (nSPS) is 11.9. The Kier molecular flexibility index (Phi) is 3.86. The van der Waals surface area contributed by atoms with E-state index < -0.39 is 0 Å². The molecule has 0 spiro atoms. The zero-order chi connectivity index (χ0) is 13.8.